The van der Waals surface area contributed by atoms with Crippen molar-refractivity contribution in [3.8, 4) is 11.6 Å². The lowest BCUT2D eigenvalue weighted by Crippen LogP contribution is -2.00. The minimum Gasteiger partial charge on any atom is -0.506 e. The predicted octanol–water partition coefficient (Wildman–Crippen LogP) is 5.51. The molecule has 0 aliphatic carbocycles. The lowest BCUT2D eigenvalue weighted by atomic mass is 10.1. The number of fused-ring (bicyclic) bond motifs is 1. The van der Waals surface area contributed by atoms with Gasteiger partial charge >= 0.3 is 0 Å². The fourth-order valence-corrected chi connectivity index (χ4v) is 2.64. The van der Waals surface area contributed by atoms with E-state index in [4.69, 9.17) is 0 Å². The van der Waals surface area contributed by atoms with Gasteiger partial charge < -0.3 is 14.8 Å². The first kappa shape index (κ1) is 16.1. The van der Waals surface area contributed by atoms with E-state index in [0.29, 0.717) is 17.3 Å². The third-order valence-electron chi connectivity index (χ3n) is 3.99. The fourth-order valence-electron chi connectivity index (χ4n) is 2.64. The lowest BCUT2D eigenvalue weighted by molar-refractivity contribution is 0.407. The fraction of sp³-hybridized carbons (Fsp3) is 0.263. The van der Waals surface area contributed by atoms with Gasteiger partial charge in [0, 0.05) is 11.9 Å². The van der Waals surface area contributed by atoms with E-state index in [1.54, 1.807) is 24.3 Å². The van der Waals surface area contributed by atoms with Crippen molar-refractivity contribution in [3.05, 3.63) is 48.5 Å². The van der Waals surface area contributed by atoms with Crippen molar-refractivity contribution >= 4 is 22.3 Å². The topological polar surface area (TPSA) is 70.1 Å². The highest BCUT2D eigenvalue weighted by Crippen LogP contribution is 2.40. The molecular weight excluding hydrogens is 302 g/mol. The predicted molar refractivity (Wildman–Crippen MR) is 95.3 cm³/mol. The van der Waals surface area contributed by atoms with E-state index < -0.39 is 0 Å². The zero-order chi connectivity index (χ0) is 17.1. The van der Waals surface area contributed by atoms with Gasteiger partial charge in [-0.1, -0.05) is 44.2 Å². The molecule has 0 bridgehead atoms. The third-order valence-corrected chi connectivity index (χ3v) is 3.99. The van der Waals surface area contributed by atoms with Gasteiger partial charge in [-0.3, -0.25) is 0 Å². The number of aryl methyl sites for hydroxylation is 1. The molecule has 24 heavy (non-hydrogen) atoms. The van der Waals surface area contributed by atoms with Crippen molar-refractivity contribution < 1.29 is 10.2 Å². The second kappa shape index (κ2) is 6.74. The highest BCUT2D eigenvalue weighted by molar-refractivity contribution is 5.95. The van der Waals surface area contributed by atoms with Gasteiger partial charge in [0.25, 0.3) is 0 Å². The van der Waals surface area contributed by atoms with Crippen LogP contribution in [0.2, 0.25) is 0 Å². The third kappa shape index (κ3) is 3.11. The first-order valence-corrected chi connectivity index (χ1v) is 8.08. The average molecular weight is 323 g/mol. The number of phenolic OH excluding ortho intramolecular Hbond substituents is 1. The molecule has 1 aromatic heterocycles. The van der Waals surface area contributed by atoms with Crippen molar-refractivity contribution in [2.24, 2.45) is 16.1 Å². The number of benzene rings is 2. The standard InChI is InChI=1S/C19H21N3O2/c1-13(2)11-12-22-16-9-5-3-7-14(16)18(19(22)24)21-20-15-8-4-6-10-17(15)23/h3-10,13,23-24H,11-12H2,1-2H3. The van der Waals surface area contributed by atoms with E-state index in [-0.39, 0.29) is 11.6 Å². The van der Waals surface area contributed by atoms with Gasteiger partial charge in [0.1, 0.15) is 11.4 Å². The molecule has 2 aromatic carbocycles. The molecule has 0 radical (unpaired) electrons. The van der Waals surface area contributed by atoms with Gasteiger partial charge in [-0.2, -0.15) is 0 Å². The SMILES string of the molecule is CC(C)CCn1c(O)c(N=Nc2ccccc2O)c2ccccc21. The molecule has 5 nitrogen and oxygen atoms in total. The monoisotopic (exact) mass is 323 g/mol. The average Bonchev–Trinajstić information content (AvgIpc) is 2.84. The maximum atomic E-state index is 10.6. The Bertz CT molecular complexity index is 881. The smallest absolute Gasteiger partial charge is 0.220 e. The van der Waals surface area contributed by atoms with Crippen molar-refractivity contribution in [1.29, 1.82) is 0 Å². The maximum Gasteiger partial charge on any atom is 0.220 e. The van der Waals surface area contributed by atoms with Crippen LogP contribution in [-0.2, 0) is 6.54 Å². The van der Waals surface area contributed by atoms with Crippen molar-refractivity contribution in [3.63, 3.8) is 0 Å². The van der Waals surface area contributed by atoms with Gasteiger partial charge in [-0.15, -0.1) is 10.2 Å². The molecule has 0 aliphatic heterocycles. The number of nitrogens with zero attached hydrogens (tertiary/aromatic N) is 3. The van der Waals surface area contributed by atoms with Crippen LogP contribution in [0.15, 0.2) is 58.8 Å². The highest BCUT2D eigenvalue weighted by atomic mass is 16.3. The van der Waals surface area contributed by atoms with Crippen LogP contribution in [0.5, 0.6) is 11.6 Å². The number of para-hydroxylation sites is 2. The van der Waals surface area contributed by atoms with Crippen LogP contribution < -0.4 is 0 Å². The summed E-state index contributed by atoms with van der Waals surface area (Å²) < 4.78 is 1.87. The van der Waals surface area contributed by atoms with Gasteiger partial charge in [-0.25, -0.2) is 0 Å². The molecule has 0 saturated heterocycles. The van der Waals surface area contributed by atoms with Gasteiger partial charge in [-0.05, 0) is 30.5 Å². The number of phenols is 1. The molecule has 0 fully saturated rings. The molecule has 3 rings (SSSR count). The van der Waals surface area contributed by atoms with Crippen LogP contribution in [0.3, 0.4) is 0 Å². The van der Waals surface area contributed by atoms with Crippen molar-refractivity contribution in [2.75, 3.05) is 0 Å². The van der Waals surface area contributed by atoms with Crippen LogP contribution in [0, 0.1) is 5.92 Å². The van der Waals surface area contributed by atoms with E-state index in [0.717, 1.165) is 23.9 Å². The van der Waals surface area contributed by atoms with E-state index in [2.05, 4.69) is 24.1 Å². The number of hydrogen-bond acceptors (Lipinski definition) is 4. The molecule has 0 aliphatic rings. The minimum absolute atomic E-state index is 0.0595. The molecule has 0 amide bonds. The summed E-state index contributed by atoms with van der Waals surface area (Å²) in [6.45, 7) is 5.03. The second-order valence-electron chi connectivity index (χ2n) is 6.21. The highest BCUT2D eigenvalue weighted by Gasteiger charge is 2.16. The molecule has 3 aromatic rings. The summed E-state index contributed by atoms with van der Waals surface area (Å²) in [4.78, 5) is 0. The molecule has 0 unspecified atom stereocenters. The molecule has 124 valence electrons. The number of rotatable bonds is 5. The number of azo groups is 1. The van der Waals surface area contributed by atoms with E-state index in [1.807, 2.05) is 28.8 Å². The Balaban J connectivity index is 2.04. The van der Waals surface area contributed by atoms with Crippen LogP contribution in [0.1, 0.15) is 20.3 Å². The van der Waals surface area contributed by atoms with Crippen molar-refractivity contribution in [2.45, 2.75) is 26.8 Å². The van der Waals surface area contributed by atoms with Gasteiger partial charge in [0.2, 0.25) is 5.88 Å². The lowest BCUT2D eigenvalue weighted by Gasteiger charge is -2.08. The molecule has 0 saturated carbocycles. The molecule has 1 heterocycles. The summed E-state index contributed by atoms with van der Waals surface area (Å²) in [5.41, 5.74) is 1.73. The Labute approximate surface area is 140 Å². The van der Waals surface area contributed by atoms with Crippen LogP contribution in [-0.4, -0.2) is 14.8 Å². The number of aromatic hydroxyl groups is 2. The van der Waals surface area contributed by atoms with Crippen LogP contribution in [0.25, 0.3) is 10.9 Å². The van der Waals surface area contributed by atoms with Gasteiger partial charge in [0.15, 0.2) is 5.69 Å². The first-order valence-electron chi connectivity index (χ1n) is 8.08. The second-order valence-corrected chi connectivity index (χ2v) is 6.21. The first-order chi connectivity index (χ1) is 11.6. The minimum atomic E-state index is 0.0595. The Morgan fingerprint density at radius 3 is 2.42 bits per heavy atom. The van der Waals surface area contributed by atoms with E-state index >= 15 is 0 Å². The zero-order valence-electron chi connectivity index (χ0n) is 13.8. The molecule has 5 heteroatoms. The zero-order valence-corrected chi connectivity index (χ0v) is 13.8. The Morgan fingerprint density at radius 2 is 1.67 bits per heavy atom. The van der Waals surface area contributed by atoms with Gasteiger partial charge in [0.05, 0.1) is 5.52 Å². The number of aromatic nitrogens is 1. The summed E-state index contributed by atoms with van der Waals surface area (Å²) in [6, 6.07) is 14.5. The molecule has 0 spiro atoms. The molecular formula is C19H21N3O2. The van der Waals surface area contributed by atoms with Crippen LogP contribution >= 0.6 is 0 Å². The normalized spacial score (nSPS) is 11.8. The van der Waals surface area contributed by atoms with Crippen molar-refractivity contribution in [1.82, 2.24) is 4.57 Å². The van der Waals surface area contributed by atoms with E-state index in [9.17, 15) is 10.2 Å². The summed E-state index contributed by atoms with van der Waals surface area (Å²) in [6.07, 6.45) is 0.961. The Morgan fingerprint density at radius 1 is 0.958 bits per heavy atom. The summed E-state index contributed by atoms with van der Waals surface area (Å²) in [7, 11) is 0. The van der Waals surface area contributed by atoms with Crippen LogP contribution in [0.4, 0.5) is 11.4 Å². The largest absolute Gasteiger partial charge is 0.506 e. The Kier molecular flexibility index (Phi) is 4.51. The summed E-state index contributed by atoms with van der Waals surface area (Å²) in [5.74, 6) is 0.706. The Hall–Kier alpha value is -2.82. The summed E-state index contributed by atoms with van der Waals surface area (Å²) in [5, 5.41) is 29.6. The molecule has 0 atom stereocenters. The quantitative estimate of drug-likeness (QED) is 0.607. The molecule has 2 N–H and O–H groups in total. The summed E-state index contributed by atoms with van der Waals surface area (Å²) >= 11 is 0. The number of hydrogen-bond donors (Lipinski definition) is 2. The van der Waals surface area contributed by atoms with E-state index in [1.165, 1.54) is 0 Å². The maximum absolute atomic E-state index is 10.6.